The summed E-state index contributed by atoms with van der Waals surface area (Å²) in [5.74, 6) is -1.78. The second-order valence-electron chi connectivity index (χ2n) is 5.77. The fraction of sp³-hybridized carbons (Fsp3) is 0.467. The number of nitro benzene ring substituents is 1. The normalized spacial score (nSPS) is 12.6. The Labute approximate surface area is 123 Å². The number of Topliss-reactive ketones (excluding diaryl/α,β-unsaturated/α-hetero) is 1. The van der Waals surface area contributed by atoms with E-state index in [1.807, 2.05) is 0 Å². The Morgan fingerprint density at radius 1 is 1.29 bits per heavy atom. The van der Waals surface area contributed by atoms with E-state index in [4.69, 9.17) is 4.74 Å². The molecule has 0 radical (unpaired) electrons. The van der Waals surface area contributed by atoms with Gasteiger partial charge in [0.1, 0.15) is 5.78 Å². The molecule has 21 heavy (non-hydrogen) atoms. The molecule has 0 saturated carbocycles. The monoisotopic (exact) mass is 293 g/mol. The van der Waals surface area contributed by atoms with Gasteiger partial charge in [0.25, 0.3) is 5.69 Å². The molecular weight excluding hydrogens is 274 g/mol. The van der Waals surface area contributed by atoms with E-state index in [-0.39, 0.29) is 23.5 Å². The number of rotatable bonds is 5. The van der Waals surface area contributed by atoms with Crippen molar-refractivity contribution in [3.05, 3.63) is 39.9 Å². The molecule has 1 aromatic carbocycles. The molecule has 1 rings (SSSR count). The summed E-state index contributed by atoms with van der Waals surface area (Å²) in [5.41, 5.74) is -0.614. The lowest BCUT2D eigenvalue weighted by Crippen LogP contribution is -2.26. The summed E-state index contributed by atoms with van der Waals surface area (Å²) in [6.45, 7) is 5.22. The number of methoxy groups -OCH3 is 1. The van der Waals surface area contributed by atoms with Crippen molar-refractivity contribution in [3.8, 4) is 0 Å². The number of carbonyl (C=O) groups is 2. The molecule has 1 aromatic rings. The number of nitro groups is 1. The third kappa shape index (κ3) is 4.11. The molecule has 0 aliphatic rings. The number of ether oxygens (including phenoxy) is 1. The zero-order valence-electron chi connectivity index (χ0n) is 12.6. The Morgan fingerprint density at radius 3 is 2.33 bits per heavy atom. The van der Waals surface area contributed by atoms with E-state index in [0.29, 0.717) is 0 Å². The zero-order chi connectivity index (χ0) is 16.2. The van der Waals surface area contributed by atoms with Crippen LogP contribution in [0.4, 0.5) is 5.69 Å². The van der Waals surface area contributed by atoms with Gasteiger partial charge in [-0.3, -0.25) is 19.7 Å². The van der Waals surface area contributed by atoms with Gasteiger partial charge in [-0.2, -0.15) is 0 Å². The molecular formula is C15H19NO5. The van der Waals surface area contributed by atoms with Gasteiger partial charge in [-0.25, -0.2) is 0 Å². The second kappa shape index (κ2) is 6.47. The van der Waals surface area contributed by atoms with Gasteiger partial charge in [0.05, 0.1) is 18.0 Å². The average molecular weight is 293 g/mol. The van der Waals surface area contributed by atoms with Crippen molar-refractivity contribution in [3.63, 3.8) is 0 Å². The van der Waals surface area contributed by atoms with E-state index >= 15 is 0 Å². The Balaban J connectivity index is 3.25. The predicted octanol–water partition coefficient (Wildman–Crippen LogP) is 2.86. The summed E-state index contributed by atoms with van der Waals surface area (Å²) in [5, 5.41) is 11.1. The minimum absolute atomic E-state index is 0.124. The fourth-order valence-electron chi connectivity index (χ4n) is 1.90. The van der Waals surface area contributed by atoms with E-state index < -0.39 is 22.2 Å². The molecule has 0 aromatic heterocycles. The van der Waals surface area contributed by atoms with Crippen molar-refractivity contribution < 1.29 is 19.2 Å². The van der Waals surface area contributed by atoms with Gasteiger partial charge in [-0.1, -0.05) is 39.0 Å². The molecule has 0 N–H and O–H groups in total. The van der Waals surface area contributed by atoms with Gasteiger partial charge >= 0.3 is 5.97 Å². The van der Waals surface area contributed by atoms with Gasteiger partial charge in [0, 0.05) is 23.5 Å². The van der Waals surface area contributed by atoms with E-state index in [2.05, 4.69) is 0 Å². The van der Waals surface area contributed by atoms with Crippen molar-refractivity contribution in [1.29, 1.82) is 0 Å². The first-order chi connectivity index (χ1) is 9.68. The maximum Gasteiger partial charge on any atom is 0.313 e. The topological polar surface area (TPSA) is 86.5 Å². The summed E-state index contributed by atoms with van der Waals surface area (Å²) >= 11 is 0. The van der Waals surface area contributed by atoms with E-state index in [1.165, 1.54) is 25.3 Å². The number of hydrogen-bond donors (Lipinski definition) is 0. The van der Waals surface area contributed by atoms with E-state index in [0.717, 1.165) is 0 Å². The first-order valence-electron chi connectivity index (χ1n) is 6.53. The fourth-order valence-corrected chi connectivity index (χ4v) is 1.90. The third-order valence-corrected chi connectivity index (χ3v) is 3.22. The lowest BCUT2D eigenvalue weighted by Gasteiger charge is -2.20. The van der Waals surface area contributed by atoms with Crippen molar-refractivity contribution in [1.82, 2.24) is 0 Å². The average Bonchev–Trinajstić information content (AvgIpc) is 2.42. The minimum Gasteiger partial charge on any atom is -0.469 e. The molecule has 6 nitrogen and oxygen atoms in total. The van der Waals surface area contributed by atoms with E-state index in [9.17, 15) is 19.7 Å². The lowest BCUT2D eigenvalue weighted by atomic mass is 9.82. The maximum absolute atomic E-state index is 12.2. The molecule has 1 atom stereocenters. The van der Waals surface area contributed by atoms with Crippen LogP contribution in [0.3, 0.4) is 0 Å². The standard InChI is InChI=1S/C15H19NO5/c1-15(2,3)13(17)9-11(14(18)21-4)10-7-5-6-8-12(10)16(19)20/h5-8,11H,9H2,1-4H3. The van der Waals surface area contributed by atoms with Crippen molar-refractivity contribution in [2.24, 2.45) is 5.41 Å². The maximum atomic E-state index is 12.2. The number of ketones is 1. The molecule has 0 heterocycles. The van der Waals surface area contributed by atoms with Crippen LogP contribution in [0, 0.1) is 15.5 Å². The van der Waals surface area contributed by atoms with E-state index in [1.54, 1.807) is 26.8 Å². The summed E-state index contributed by atoms with van der Waals surface area (Å²) < 4.78 is 4.70. The van der Waals surface area contributed by atoms with Gasteiger partial charge < -0.3 is 4.74 Å². The number of nitrogens with zero attached hydrogens (tertiary/aromatic N) is 1. The molecule has 6 heteroatoms. The minimum atomic E-state index is -0.969. The van der Waals surface area contributed by atoms with Gasteiger partial charge in [-0.15, -0.1) is 0 Å². The van der Waals surface area contributed by atoms with Crippen LogP contribution in [0.1, 0.15) is 38.7 Å². The first kappa shape index (κ1) is 16.8. The molecule has 0 saturated heterocycles. The number of hydrogen-bond acceptors (Lipinski definition) is 5. The van der Waals surface area contributed by atoms with Crippen LogP contribution in [-0.4, -0.2) is 23.8 Å². The Morgan fingerprint density at radius 2 is 1.86 bits per heavy atom. The summed E-state index contributed by atoms with van der Waals surface area (Å²) in [6.07, 6.45) is -0.124. The molecule has 0 aliphatic heterocycles. The van der Waals surface area contributed by atoms with Gasteiger partial charge in [0.15, 0.2) is 0 Å². The Hall–Kier alpha value is -2.24. The highest BCUT2D eigenvalue weighted by molar-refractivity contribution is 5.91. The van der Waals surface area contributed by atoms with Crippen molar-refractivity contribution in [2.75, 3.05) is 7.11 Å². The molecule has 0 aliphatic carbocycles. The molecule has 114 valence electrons. The first-order valence-corrected chi connectivity index (χ1v) is 6.53. The predicted molar refractivity (Wildman–Crippen MR) is 76.9 cm³/mol. The van der Waals surface area contributed by atoms with Gasteiger partial charge in [0.2, 0.25) is 0 Å². The zero-order valence-corrected chi connectivity index (χ0v) is 12.6. The Bertz CT molecular complexity index is 559. The van der Waals surface area contributed by atoms with Crippen LogP contribution in [0.15, 0.2) is 24.3 Å². The van der Waals surface area contributed by atoms with Crippen LogP contribution in [-0.2, 0) is 14.3 Å². The molecule has 0 fully saturated rings. The summed E-state index contributed by atoms with van der Waals surface area (Å²) in [7, 11) is 1.20. The largest absolute Gasteiger partial charge is 0.469 e. The molecule has 0 amide bonds. The summed E-state index contributed by atoms with van der Waals surface area (Å²) in [4.78, 5) is 34.7. The van der Waals surface area contributed by atoms with Crippen LogP contribution in [0.2, 0.25) is 0 Å². The molecule has 0 spiro atoms. The van der Waals surface area contributed by atoms with Crippen LogP contribution < -0.4 is 0 Å². The number of esters is 1. The summed E-state index contributed by atoms with van der Waals surface area (Å²) in [6, 6.07) is 5.91. The SMILES string of the molecule is COC(=O)C(CC(=O)C(C)(C)C)c1ccccc1[N+](=O)[O-]. The molecule has 1 unspecified atom stereocenters. The molecule has 0 bridgehead atoms. The highest BCUT2D eigenvalue weighted by Crippen LogP contribution is 2.32. The van der Waals surface area contributed by atoms with Gasteiger partial charge in [-0.05, 0) is 0 Å². The number of benzene rings is 1. The smallest absolute Gasteiger partial charge is 0.313 e. The number of carbonyl (C=O) groups excluding carboxylic acids is 2. The highest BCUT2D eigenvalue weighted by Gasteiger charge is 2.33. The van der Waals surface area contributed by atoms with Crippen LogP contribution >= 0.6 is 0 Å². The number of para-hydroxylation sites is 1. The third-order valence-electron chi connectivity index (χ3n) is 3.22. The lowest BCUT2D eigenvalue weighted by molar-refractivity contribution is -0.385. The van der Waals surface area contributed by atoms with Crippen molar-refractivity contribution in [2.45, 2.75) is 33.1 Å². The van der Waals surface area contributed by atoms with Crippen LogP contribution in [0.5, 0.6) is 0 Å². The van der Waals surface area contributed by atoms with Crippen molar-refractivity contribution >= 4 is 17.4 Å². The van der Waals surface area contributed by atoms with Crippen LogP contribution in [0.25, 0.3) is 0 Å². The quantitative estimate of drug-likeness (QED) is 0.473. The highest BCUT2D eigenvalue weighted by atomic mass is 16.6. The Kier molecular flexibility index (Phi) is 5.18. The second-order valence-corrected chi connectivity index (χ2v) is 5.77.